The number of carboxylic acid groups (broad SMARTS) is 1. The van der Waals surface area contributed by atoms with E-state index in [0.717, 1.165) is 0 Å². The van der Waals surface area contributed by atoms with Crippen LogP contribution in [-0.2, 0) is 11.2 Å². The minimum absolute atomic E-state index is 0.0643. The Hall–Kier alpha value is -2.69. The molecule has 0 aromatic heterocycles. The van der Waals surface area contributed by atoms with Crippen molar-refractivity contribution in [3.8, 4) is 23.0 Å². The third kappa shape index (κ3) is 2.95. The van der Waals surface area contributed by atoms with Crippen LogP contribution in [0.1, 0.15) is 5.56 Å². The van der Waals surface area contributed by atoms with Gasteiger partial charge in [-0.15, -0.1) is 0 Å². The average molecular weight is 260 g/mol. The van der Waals surface area contributed by atoms with Crippen molar-refractivity contribution in [2.75, 3.05) is 0 Å². The highest BCUT2D eigenvalue weighted by Gasteiger charge is 2.12. The number of phenolic OH excluding ortho intramolecular Hbond substituents is 2. The molecule has 0 aliphatic heterocycles. The Labute approximate surface area is 109 Å². The zero-order valence-corrected chi connectivity index (χ0v) is 9.91. The first-order valence-corrected chi connectivity index (χ1v) is 5.56. The number of carboxylic acids is 1. The largest absolute Gasteiger partial charge is 0.504 e. The molecule has 5 heteroatoms. The van der Waals surface area contributed by atoms with Gasteiger partial charge in [0.15, 0.2) is 23.0 Å². The number of benzene rings is 2. The molecule has 19 heavy (non-hydrogen) atoms. The number of hydrogen-bond donors (Lipinski definition) is 3. The van der Waals surface area contributed by atoms with Gasteiger partial charge in [-0.05, 0) is 18.2 Å². The summed E-state index contributed by atoms with van der Waals surface area (Å²) in [7, 11) is 0. The van der Waals surface area contributed by atoms with Crippen LogP contribution in [-0.4, -0.2) is 21.3 Å². The molecule has 3 N–H and O–H groups in total. The second kappa shape index (κ2) is 5.30. The molecule has 0 amide bonds. The van der Waals surface area contributed by atoms with Crippen molar-refractivity contribution in [2.24, 2.45) is 0 Å². The van der Waals surface area contributed by atoms with Gasteiger partial charge >= 0.3 is 5.97 Å². The molecular weight excluding hydrogens is 248 g/mol. The SMILES string of the molecule is O=C(O)Cc1cccc(Oc2ccccc2O)c1O. The van der Waals surface area contributed by atoms with Gasteiger partial charge in [0.05, 0.1) is 6.42 Å². The quantitative estimate of drug-likeness (QED) is 0.786. The Morgan fingerprint density at radius 2 is 1.68 bits per heavy atom. The number of phenols is 2. The lowest BCUT2D eigenvalue weighted by Gasteiger charge is -2.11. The van der Waals surface area contributed by atoms with Crippen LogP contribution < -0.4 is 4.74 Å². The molecule has 0 saturated heterocycles. The van der Waals surface area contributed by atoms with Crippen LogP contribution in [0.2, 0.25) is 0 Å². The predicted molar refractivity (Wildman–Crippen MR) is 67.6 cm³/mol. The second-order valence-corrected chi connectivity index (χ2v) is 3.90. The first-order valence-electron chi connectivity index (χ1n) is 5.56. The maximum absolute atomic E-state index is 10.7. The van der Waals surface area contributed by atoms with Gasteiger partial charge in [-0.3, -0.25) is 4.79 Å². The van der Waals surface area contributed by atoms with E-state index in [4.69, 9.17) is 9.84 Å². The minimum atomic E-state index is -1.05. The van der Waals surface area contributed by atoms with Crippen molar-refractivity contribution in [1.82, 2.24) is 0 Å². The summed E-state index contributed by atoms with van der Waals surface area (Å²) in [6.07, 6.45) is -0.302. The molecule has 0 heterocycles. The second-order valence-electron chi connectivity index (χ2n) is 3.90. The maximum atomic E-state index is 10.7. The van der Waals surface area contributed by atoms with Crippen LogP contribution in [0.25, 0.3) is 0 Å². The number of hydrogen-bond acceptors (Lipinski definition) is 4. The third-order valence-corrected chi connectivity index (χ3v) is 2.51. The average Bonchev–Trinajstić information content (AvgIpc) is 2.36. The molecule has 0 radical (unpaired) electrons. The molecule has 0 fully saturated rings. The van der Waals surface area contributed by atoms with E-state index >= 15 is 0 Å². The molecule has 0 spiro atoms. The fourth-order valence-electron chi connectivity index (χ4n) is 1.62. The highest BCUT2D eigenvalue weighted by Crippen LogP contribution is 2.36. The molecule has 0 aliphatic carbocycles. The lowest BCUT2D eigenvalue weighted by atomic mass is 10.1. The number of ether oxygens (including phenoxy) is 1. The van der Waals surface area contributed by atoms with Gasteiger partial charge in [-0.25, -0.2) is 0 Å². The van der Waals surface area contributed by atoms with E-state index in [-0.39, 0.29) is 35.0 Å². The van der Waals surface area contributed by atoms with Crippen LogP contribution >= 0.6 is 0 Å². The number of rotatable bonds is 4. The van der Waals surface area contributed by atoms with Crippen LogP contribution in [0.4, 0.5) is 0 Å². The summed E-state index contributed by atoms with van der Waals surface area (Å²) < 4.78 is 5.37. The molecule has 0 atom stereocenters. The van der Waals surface area contributed by atoms with Crippen molar-refractivity contribution in [3.63, 3.8) is 0 Å². The van der Waals surface area contributed by atoms with Gasteiger partial charge in [0, 0.05) is 5.56 Å². The standard InChI is InChI=1S/C14H12O5/c15-10-5-1-2-6-11(10)19-12-7-3-4-9(14(12)18)8-13(16)17/h1-7,15,18H,8H2,(H,16,17). The fourth-order valence-corrected chi connectivity index (χ4v) is 1.62. The van der Waals surface area contributed by atoms with Gasteiger partial charge < -0.3 is 20.1 Å². The number of para-hydroxylation sites is 3. The van der Waals surface area contributed by atoms with Crippen molar-refractivity contribution in [3.05, 3.63) is 48.0 Å². The van der Waals surface area contributed by atoms with E-state index in [1.807, 2.05) is 0 Å². The van der Waals surface area contributed by atoms with Gasteiger partial charge in [0.1, 0.15) is 0 Å². The van der Waals surface area contributed by atoms with E-state index < -0.39 is 5.97 Å². The highest BCUT2D eigenvalue weighted by atomic mass is 16.5. The summed E-state index contributed by atoms with van der Waals surface area (Å²) in [5, 5.41) is 28.2. The summed E-state index contributed by atoms with van der Waals surface area (Å²) in [5.74, 6) is -1.07. The van der Waals surface area contributed by atoms with Crippen LogP contribution in [0.5, 0.6) is 23.0 Å². The number of carbonyl (C=O) groups is 1. The molecule has 5 nitrogen and oxygen atoms in total. The lowest BCUT2D eigenvalue weighted by Crippen LogP contribution is -2.00. The smallest absolute Gasteiger partial charge is 0.307 e. The van der Waals surface area contributed by atoms with Gasteiger partial charge in [0.25, 0.3) is 0 Å². The van der Waals surface area contributed by atoms with E-state index in [0.29, 0.717) is 0 Å². The van der Waals surface area contributed by atoms with Gasteiger partial charge in [-0.2, -0.15) is 0 Å². The van der Waals surface area contributed by atoms with Gasteiger partial charge in [-0.1, -0.05) is 24.3 Å². The Morgan fingerprint density at radius 1 is 1.00 bits per heavy atom. The maximum Gasteiger partial charge on any atom is 0.307 e. The van der Waals surface area contributed by atoms with E-state index in [9.17, 15) is 15.0 Å². The zero-order chi connectivity index (χ0) is 13.8. The van der Waals surface area contributed by atoms with Crippen molar-refractivity contribution in [1.29, 1.82) is 0 Å². The van der Waals surface area contributed by atoms with E-state index in [2.05, 4.69) is 0 Å². The van der Waals surface area contributed by atoms with Crippen LogP contribution in [0, 0.1) is 0 Å². The number of aromatic hydroxyl groups is 2. The third-order valence-electron chi connectivity index (χ3n) is 2.51. The summed E-state index contributed by atoms with van der Waals surface area (Å²) >= 11 is 0. The first-order chi connectivity index (χ1) is 9.08. The van der Waals surface area contributed by atoms with Crippen molar-refractivity contribution < 1.29 is 24.9 Å². The predicted octanol–water partition coefficient (Wildman–Crippen LogP) is 2.52. The Kier molecular flexibility index (Phi) is 3.56. The molecule has 2 rings (SSSR count). The topological polar surface area (TPSA) is 87.0 Å². The van der Waals surface area contributed by atoms with Crippen molar-refractivity contribution >= 4 is 5.97 Å². The summed E-state index contributed by atoms with van der Waals surface area (Å²) in [6.45, 7) is 0. The normalized spacial score (nSPS) is 10.1. The molecule has 2 aromatic carbocycles. The van der Waals surface area contributed by atoms with E-state index in [1.54, 1.807) is 24.3 Å². The summed E-state index contributed by atoms with van der Waals surface area (Å²) in [5.41, 5.74) is 0.250. The fraction of sp³-hybridized carbons (Fsp3) is 0.0714. The molecule has 0 aliphatic rings. The lowest BCUT2D eigenvalue weighted by molar-refractivity contribution is -0.136. The molecule has 2 aromatic rings. The Balaban J connectivity index is 2.31. The van der Waals surface area contributed by atoms with E-state index in [1.165, 1.54) is 18.2 Å². The molecule has 0 bridgehead atoms. The van der Waals surface area contributed by atoms with Crippen LogP contribution in [0.15, 0.2) is 42.5 Å². The molecule has 0 saturated carbocycles. The van der Waals surface area contributed by atoms with Crippen LogP contribution in [0.3, 0.4) is 0 Å². The monoisotopic (exact) mass is 260 g/mol. The molecular formula is C14H12O5. The summed E-state index contributed by atoms with van der Waals surface area (Å²) in [4.78, 5) is 10.7. The Bertz CT molecular complexity index is 607. The first kappa shape index (κ1) is 12.8. The van der Waals surface area contributed by atoms with Crippen molar-refractivity contribution in [2.45, 2.75) is 6.42 Å². The minimum Gasteiger partial charge on any atom is -0.504 e. The van der Waals surface area contributed by atoms with Gasteiger partial charge in [0.2, 0.25) is 0 Å². The molecule has 0 unspecified atom stereocenters. The number of aliphatic carboxylic acids is 1. The summed E-state index contributed by atoms with van der Waals surface area (Å²) in [6, 6.07) is 10.9. The highest BCUT2D eigenvalue weighted by molar-refractivity contribution is 5.72. The Morgan fingerprint density at radius 3 is 2.37 bits per heavy atom. The molecule has 98 valence electrons. The zero-order valence-electron chi connectivity index (χ0n) is 9.91.